The fourth-order valence-corrected chi connectivity index (χ4v) is 3.16. The zero-order valence-corrected chi connectivity index (χ0v) is 16.2. The Labute approximate surface area is 128 Å². The van der Waals surface area contributed by atoms with Gasteiger partial charge in [0.1, 0.15) is 0 Å². The van der Waals surface area contributed by atoms with Crippen LogP contribution in [0.5, 0.6) is 0 Å². The van der Waals surface area contributed by atoms with Crippen molar-refractivity contribution >= 4 is 8.32 Å². The van der Waals surface area contributed by atoms with Crippen molar-refractivity contribution in [3.8, 4) is 0 Å². The van der Waals surface area contributed by atoms with Gasteiger partial charge >= 0.3 is 0 Å². The highest BCUT2D eigenvalue weighted by molar-refractivity contribution is 6.74. The topological polar surface area (TPSA) is 9.23 Å². The molecular weight excluding hydrogens is 260 g/mol. The molecule has 0 N–H and O–H groups in total. The molecule has 0 unspecified atom stereocenters. The van der Waals surface area contributed by atoms with Crippen molar-refractivity contribution in [1.29, 1.82) is 0 Å². The molecule has 2 atom stereocenters. The Morgan fingerprint density at radius 2 is 1.70 bits per heavy atom. The molecule has 2 heteroatoms. The van der Waals surface area contributed by atoms with E-state index in [-0.39, 0.29) is 11.1 Å². The van der Waals surface area contributed by atoms with Gasteiger partial charge < -0.3 is 4.43 Å². The van der Waals surface area contributed by atoms with Crippen molar-refractivity contribution in [2.75, 3.05) is 0 Å². The second kappa shape index (κ2) is 7.60. The zero-order chi connectivity index (χ0) is 16.1. The predicted octanol–water partition coefficient (Wildman–Crippen LogP) is 6.19. The maximum Gasteiger partial charge on any atom is 0.192 e. The molecule has 0 saturated carbocycles. The van der Waals surface area contributed by atoms with E-state index in [9.17, 15) is 0 Å². The molecule has 0 aromatic rings. The summed E-state index contributed by atoms with van der Waals surface area (Å²) in [7, 11) is -1.75. The first-order valence-electron chi connectivity index (χ1n) is 7.89. The van der Waals surface area contributed by atoms with E-state index in [1.54, 1.807) is 0 Å². The van der Waals surface area contributed by atoms with Gasteiger partial charge in [-0.25, -0.2) is 0 Å². The highest BCUT2D eigenvalue weighted by Crippen LogP contribution is 2.39. The van der Waals surface area contributed by atoms with Crippen LogP contribution in [0.2, 0.25) is 18.1 Å². The lowest BCUT2D eigenvalue weighted by Crippen LogP contribution is -2.45. The molecule has 0 aromatic heterocycles. The summed E-state index contributed by atoms with van der Waals surface area (Å²) in [6, 6.07) is 0. The van der Waals surface area contributed by atoms with Crippen LogP contribution >= 0.6 is 0 Å². The van der Waals surface area contributed by atoms with Gasteiger partial charge in [-0.05, 0) is 43.0 Å². The quantitative estimate of drug-likeness (QED) is 0.402. The summed E-state index contributed by atoms with van der Waals surface area (Å²) in [5.41, 5.74) is 1.36. The van der Waals surface area contributed by atoms with E-state index >= 15 is 0 Å². The minimum Gasteiger partial charge on any atom is -0.410 e. The van der Waals surface area contributed by atoms with Crippen molar-refractivity contribution in [3.63, 3.8) is 0 Å². The molecule has 1 nitrogen and oxygen atoms in total. The average molecular weight is 297 g/mol. The summed E-state index contributed by atoms with van der Waals surface area (Å²) in [6.07, 6.45) is 5.66. The third-order valence-corrected chi connectivity index (χ3v) is 8.89. The van der Waals surface area contributed by atoms with Gasteiger partial charge in [-0.2, -0.15) is 0 Å². The zero-order valence-electron chi connectivity index (χ0n) is 15.2. The van der Waals surface area contributed by atoms with Crippen LogP contribution < -0.4 is 0 Å². The Morgan fingerprint density at radius 3 is 2.05 bits per heavy atom. The average Bonchev–Trinajstić information content (AvgIpc) is 2.30. The molecule has 0 radical (unpaired) electrons. The Hall–Kier alpha value is -0.343. The van der Waals surface area contributed by atoms with Gasteiger partial charge in [-0.15, -0.1) is 6.58 Å². The molecule has 0 bridgehead atoms. The summed E-state index contributed by atoms with van der Waals surface area (Å²) >= 11 is 0. The van der Waals surface area contributed by atoms with Crippen molar-refractivity contribution < 1.29 is 4.43 Å². The van der Waals surface area contributed by atoms with Gasteiger partial charge in [-0.3, -0.25) is 0 Å². The van der Waals surface area contributed by atoms with E-state index in [0.29, 0.717) is 11.8 Å². The lowest BCUT2D eigenvalue weighted by atomic mass is 9.96. The summed E-state index contributed by atoms with van der Waals surface area (Å²) < 4.78 is 6.65. The lowest BCUT2D eigenvalue weighted by molar-refractivity contribution is 0.178. The van der Waals surface area contributed by atoms with Gasteiger partial charge in [0.2, 0.25) is 0 Å². The molecule has 0 rings (SSSR count). The second-order valence-corrected chi connectivity index (χ2v) is 12.7. The molecule has 0 aliphatic carbocycles. The first kappa shape index (κ1) is 19.7. The number of hydrogen-bond donors (Lipinski definition) is 0. The summed E-state index contributed by atoms with van der Waals surface area (Å²) in [6.45, 7) is 24.4. The first-order valence-corrected chi connectivity index (χ1v) is 10.8. The second-order valence-electron chi connectivity index (χ2n) is 7.97. The number of rotatable bonds is 7. The van der Waals surface area contributed by atoms with E-state index in [1.807, 2.05) is 6.08 Å². The minimum atomic E-state index is -1.75. The Kier molecular flexibility index (Phi) is 7.47. The Morgan fingerprint density at radius 1 is 1.20 bits per heavy atom. The molecule has 0 fully saturated rings. The predicted molar refractivity (Wildman–Crippen MR) is 94.6 cm³/mol. The summed E-state index contributed by atoms with van der Waals surface area (Å²) in [4.78, 5) is 0. The summed E-state index contributed by atoms with van der Waals surface area (Å²) in [5.74, 6) is 1.05. The van der Waals surface area contributed by atoms with Crippen molar-refractivity contribution in [3.05, 3.63) is 24.3 Å². The van der Waals surface area contributed by atoms with Gasteiger partial charge in [-0.1, -0.05) is 53.7 Å². The molecular formula is C18H36OSi. The van der Waals surface area contributed by atoms with Crippen LogP contribution in [0.3, 0.4) is 0 Å². The molecule has 0 aromatic carbocycles. The highest BCUT2D eigenvalue weighted by atomic mass is 28.4. The maximum absolute atomic E-state index is 6.65. The lowest BCUT2D eigenvalue weighted by Gasteiger charge is -2.41. The Bertz CT molecular complexity index is 334. The fraction of sp³-hybridized carbons (Fsp3) is 0.778. The van der Waals surface area contributed by atoms with Gasteiger partial charge in [0, 0.05) is 5.92 Å². The third kappa shape index (κ3) is 5.97. The maximum atomic E-state index is 6.65. The smallest absolute Gasteiger partial charge is 0.192 e. The monoisotopic (exact) mass is 296 g/mol. The van der Waals surface area contributed by atoms with Gasteiger partial charge in [0.25, 0.3) is 0 Å². The van der Waals surface area contributed by atoms with E-state index in [0.717, 1.165) is 6.42 Å². The minimum absolute atomic E-state index is 0.173. The fourth-order valence-electron chi connectivity index (χ4n) is 1.77. The van der Waals surface area contributed by atoms with Crippen molar-refractivity contribution in [2.24, 2.45) is 11.8 Å². The Balaban J connectivity index is 5.19. The number of hydrogen-bond acceptors (Lipinski definition) is 1. The van der Waals surface area contributed by atoms with Crippen LogP contribution in [0.25, 0.3) is 0 Å². The van der Waals surface area contributed by atoms with Gasteiger partial charge in [0.05, 0.1) is 6.10 Å². The molecule has 0 amide bonds. The van der Waals surface area contributed by atoms with Crippen LogP contribution in [0.1, 0.15) is 54.9 Å². The van der Waals surface area contributed by atoms with Crippen LogP contribution in [-0.2, 0) is 4.43 Å². The summed E-state index contributed by atoms with van der Waals surface area (Å²) in [5, 5.41) is 0.241. The van der Waals surface area contributed by atoms with E-state index in [1.165, 1.54) is 5.57 Å². The molecule has 20 heavy (non-hydrogen) atoms. The first-order chi connectivity index (χ1) is 8.92. The van der Waals surface area contributed by atoms with E-state index in [2.05, 4.69) is 74.2 Å². The molecule has 118 valence electrons. The van der Waals surface area contributed by atoms with Crippen molar-refractivity contribution in [1.82, 2.24) is 0 Å². The van der Waals surface area contributed by atoms with Crippen LogP contribution in [0.15, 0.2) is 24.3 Å². The SMILES string of the molecule is C=C[C@@H](C)[C@@H](O[Si](C)(C)C(C)(C)C)/C(C)=C/CC(C)C. The molecule has 0 spiro atoms. The molecule has 0 heterocycles. The standard InChI is InChI=1S/C18H36OSi/c1-11-15(4)17(16(5)13-12-14(2)3)19-20(9,10)18(6,7)8/h11,13-15,17H,1,12H2,2-10H3/b16-13+/t15-,17-/m1/s1. The normalized spacial score (nSPS) is 17.2. The van der Waals surface area contributed by atoms with Gasteiger partial charge in [0.15, 0.2) is 8.32 Å². The van der Waals surface area contributed by atoms with Crippen molar-refractivity contribution in [2.45, 2.75) is 79.1 Å². The molecule has 0 aliphatic heterocycles. The highest BCUT2D eigenvalue weighted by Gasteiger charge is 2.40. The third-order valence-electron chi connectivity index (χ3n) is 4.44. The van der Waals surface area contributed by atoms with Crippen LogP contribution in [0.4, 0.5) is 0 Å². The largest absolute Gasteiger partial charge is 0.410 e. The molecule has 0 saturated heterocycles. The van der Waals surface area contributed by atoms with E-state index < -0.39 is 8.32 Å². The van der Waals surface area contributed by atoms with E-state index in [4.69, 9.17) is 4.43 Å². The van der Waals surface area contributed by atoms with Crippen LogP contribution in [-0.4, -0.2) is 14.4 Å². The van der Waals surface area contributed by atoms with Crippen LogP contribution in [0, 0.1) is 11.8 Å². The number of allylic oxidation sites excluding steroid dienone is 1. The molecule has 0 aliphatic rings.